The van der Waals surface area contributed by atoms with Gasteiger partial charge in [0.25, 0.3) is 10.0 Å². The lowest BCUT2D eigenvalue weighted by molar-refractivity contribution is 0.0697. The van der Waals surface area contributed by atoms with Gasteiger partial charge in [0.2, 0.25) is 0 Å². The number of ether oxygens (including phenoxy) is 1. The second kappa shape index (κ2) is 6.04. The monoisotopic (exact) mass is 348 g/mol. The molecule has 0 fully saturated rings. The van der Waals surface area contributed by atoms with E-state index in [1.807, 2.05) is 11.9 Å². The number of rotatable bonds is 4. The Morgan fingerprint density at radius 3 is 2.79 bits per heavy atom. The third-order valence-electron chi connectivity index (χ3n) is 3.70. The van der Waals surface area contributed by atoms with E-state index >= 15 is 0 Å². The van der Waals surface area contributed by atoms with Crippen molar-refractivity contribution < 1.29 is 23.1 Å². The summed E-state index contributed by atoms with van der Waals surface area (Å²) in [6.07, 6.45) is 0. The topological polar surface area (TPSA) is 95.9 Å². The SMILES string of the molecule is CN1CCOc2ccc(S(=O)(=O)Nc3cccc(C(=O)O)c3)cc21. The van der Waals surface area contributed by atoms with Gasteiger partial charge in [-0.25, -0.2) is 13.2 Å². The van der Waals surface area contributed by atoms with Crippen molar-refractivity contribution in [2.24, 2.45) is 0 Å². The fourth-order valence-electron chi connectivity index (χ4n) is 2.43. The molecule has 1 aliphatic rings. The minimum absolute atomic E-state index is 0.00812. The van der Waals surface area contributed by atoms with E-state index in [9.17, 15) is 13.2 Å². The fourth-order valence-corrected chi connectivity index (χ4v) is 3.50. The van der Waals surface area contributed by atoms with E-state index < -0.39 is 16.0 Å². The Labute approximate surface area is 139 Å². The van der Waals surface area contributed by atoms with Crippen LogP contribution in [0.5, 0.6) is 5.75 Å². The van der Waals surface area contributed by atoms with Crippen LogP contribution in [0.4, 0.5) is 11.4 Å². The fraction of sp³-hybridized carbons (Fsp3) is 0.188. The first kappa shape index (κ1) is 16.1. The van der Waals surface area contributed by atoms with E-state index in [0.717, 1.165) is 0 Å². The maximum Gasteiger partial charge on any atom is 0.335 e. The minimum Gasteiger partial charge on any atom is -0.490 e. The van der Waals surface area contributed by atoms with Crippen molar-refractivity contribution in [3.05, 3.63) is 48.0 Å². The summed E-state index contributed by atoms with van der Waals surface area (Å²) >= 11 is 0. The van der Waals surface area contributed by atoms with Crippen molar-refractivity contribution in [1.82, 2.24) is 0 Å². The molecule has 0 radical (unpaired) electrons. The summed E-state index contributed by atoms with van der Waals surface area (Å²) in [6, 6.07) is 10.3. The number of carboxylic acid groups (broad SMARTS) is 1. The van der Waals surface area contributed by atoms with Crippen LogP contribution in [0.1, 0.15) is 10.4 Å². The number of hydrogen-bond acceptors (Lipinski definition) is 5. The minimum atomic E-state index is -3.84. The molecule has 0 aliphatic carbocycles. The van der Waals surface area contributed by atoms with E-state index in [1.165, 1.54) is 36.4 Å². The molecule has 2 aromatic carbocycles. The van der Waals surface area contributed by atoms with E-state index in [1.54, 1.807) is 6.07 Å². The third-order valence-corrected chi connectivity index (χ3v) is 5.08. The molecule has 0 unspecified atom stereocenters. The molecule has 0 aromatic heterocycles. The highest BCUT2D eigenvalue weighted by Gasteiger charge is 2.21. The number of likely N-dealkylation sites (N-methyl/N-ethyl adjacent to an activating group) is 1. The molecule has 1 heterocycles. The molecule has 7 nitrogen and oxygen atoms in total. The van der Waals surface area contributed by atoms with Crippen molar-refractivity contribution in [2.45, 2.75) is 4.90 Å². The maximum atomic E-state index is 12.6. The van der Waals surface area contributed by atoms with Crippen molar-refractivity contribution >= 4 is 27.4 Å². The van der Waals surface area contributed by atoms with Crippen LogP contribution in [-0.2, 0) is 10.0 Å². The molecule has 24 heavy (non-hydrogen) atoms. The zero-order valence-electron chi connectivity index (χ0n) is 12.9. The zero-order chi connectivity index (χ0) is 17.3. The Morgan fingerprint density at radius 2 is 2.04 bits per heavy atom. The van der Waals surface area contributed by atoms with Gasteiger partial charge in [-0.2, -0.15) is 0 Å². The number of nitrogens with zero attached hydrogens (tertiary/aromatic N) is 1. The quantitative estimate of drug-likeness (QED) is 0.877. The lowest BCUT2D eigenvalue weighted by atomic mass is 10.2. The first-order valence-electron chi connectivity index (χ1n) is 7.21. The molecule has 0 atom stereocenters. The number of benzene rings is 2. The van der Waals surface area contributed by atoms with Gasteiger partial charge in [0.1, 0.15) is 12.4 Å². The molecule has 126 valence electrons. The van der Waals surface area contributed by atoms with Crippen molar-refractivity contribution in [3.63, 3.8) is 0 Å². The van der Waals surface area contributed by atoms with Gasteiger partial charge in [0.05, 0.1) is 22.7 Å². The molecule has 1 aliphatic heterocycles. The number of hydrogen-bond donors (Lipinski definition) is 2. The van der Waals surface area contributed by atoms with Crippen LogP contribution in [0.25, 0.3) is 0 Å². The van der Waals surface area contributed by atoms with Gasteiger partial charge in [-0.3, -0.25) is 4.72 Å². The molecule has 0 spiro atoms. The lowest BCUT2D eigenvalue weighted by Gasteiger charge is -2.28. The van der Waals surface area contributed by atoms with Gasteiger partial charge in [-0.1, -0.05) is 6.07 Å². The average molecular weight is 348 g/mol. The molecule has 2 aromatic rings. The van der Waals surface area contributed by atoms with E-state index in [0.29, 0.717) is 24.6 Å². The molecule has 3 rings (SSSR count). The first-order valence-corrected chi connectivity index (χ1v) is 8.69. The molecule has 8 heteroatoms. The highest BCUT2D eigenvalue weighted by atomic mass is 32.2. The number of aromatic carboxylic acids is 1. The molecule has 0 bridgehead atoms. The van der Waals surface area contributed by atoms with Gasteiger partial charge < -0.3 is 14.7 Å². The summed E-state index contributed by atoms with van der Waals surface area (Å²) in [7, 11) is -1.98. The maximum absolute atomic E-state index is 12.6. The van der Waals surface area contributed by atoms with Gasteiger partial charge in [0.15, 0.2) is 0 Å². The molecule has 0 saturated heterocycles. The normalized spacial score (nSPS) is 13.8. The van der Waals surface area contributed by atoms with Crippen LogP contribution in [0.15, 0.2) is 47.4 Å². The first-order chi connectivity index (χ1) is 11.4. The van der Waals surface area contributed by atoms with Gasteiger partial charge in [0, 0.05) is 12.7 Å². The van der Waals surface area contributed by atoms with Gasteiger partial charge >= 0.3 is 5.97 Å². The summed E-state index contributed by atoms with van der Waals surface area (Å²) in [6.45, 7) is 1.22. The molecule has 2 N–H and O–H groups in total. The van der Waals surface area contributed by atoms with Crippen molar-refractivity contribution in [2.75, 3.05) is 29.8 Å². The zero-order valence-corrected chi connectivity index (χ0v) is 13.7. The summed E-state index contributed by atoms with van der Waals surface area (Å²) in [5, 5.41) is 8.99. The van der Waals surface area contributed by atoms with Crippen LogP contribution >= 0.6 is 0 Å². The molecular weight excluding hydrogens is 332 g/mol. The Kier molecular flexibility index (Phi) is 4.06. The Morgan fingerprint density at radius 1 is 1.25 bits per heavy atom. The smallest absolute Gasteiger partial charge is 0.335 e. The van der Waals surface area contributed by atoms with Crippen LogP contribution in [0.3, 0.4) is 0 Å². The number of carbonyl (C=O) groups is 1. The lowest BCUT2D eigenvalue weighted by Crippen LogP contribution is -2.29. The largest absolute Gasteiger partial charge is 0.490 e. The average Bonchev–Trinajstić information content (AvgIpc) is 2.54. The van der Waals surface area contributed by atoms with E-state index in [4.69, 9.17) is 9.84 Å². The molecular formula is C16H16N2O5S. The van der Waals surface area contributed by atoms with Crippen molar-refractivity contribution in [3.8, 4) is 5.75 Å². The standard InChI is InChI=1S/C16H16N2O5S/c1-18-7-8-23-15-6-5-13(10-14(15)18)24(21,22)17-12-4-2-3-11(9-12)16(19)20/h2-6,9-10,17H,7-8H2,1H3,(H,19,20). The van der Waals surface area contributed by atoms with E-state index in [2.05, 4.69) is 4.72 Å². The predicted molar refractivity (Wildman–Crippen MR) is 89.4 cm³/mol. The number of sulfonamides is 1. The summed E-state index contributed by atoms with van der Waals surface area (Å²) in [5.74, 6) is -0.487. The van der Waals surface area contributed by atoms with Crippen LogP contribution in [-0.4, -0.2) is 39.7 Å². The van der Waals surface area contributed by atoms with Crippen LogP contribution < -0.4 is 14.4 Å². The second-order valence-corrected chi connectivity index (χ2v) is 7.07. The Hall–Kier alpha value is -2.74. The molecule has 0 amide bonds. The molecule has 0 saturated carbocycles. The van der Waals surface area contributed by atoms with E-state index in [-0.39, 0.29) is 16.1 Å². The van der Waals surface area contributed by atoms with Gasteiger partial charge in [-0.05, 0) is 36.4 Å². The summed E-state index contributed by atoms with van der Waals surface area (Å²) in [5.41, 5.74) is 0.898. The number of fused-ring (bicyclic) bond motifs is 1. The van der Waals surface area contributed by atoms with Crippen LogP contribution in [0, 0.1) is 0 Å². The second-order valence-electron chi connectivity index (χ2n) is 5.39. The number of nitrogens with one attached hydrogen (secondary N) is 1. The number of carboxylic acids is 1. The van der Waals surface area contributed by atoms with Crippen molar-refractivity contribution in [1.29, 1.82) is 0 Å². The summed E-state index contributed by atoms with van der Waals surface area (Å²) in [4.78, 5) is 13.0. The Balaban J connectivity index is 1.92. The predicted octanol–water partition coefficient (Wildman–Crippen LogP) is 2.01. The van der Waals surface area contributed by atoms with Crippen LogP contribution in [0.2, 0.25) is 0 Å². The Bertz CT molecular complexity index is 895. The highest BCUT2D eigenvalue weighted by molar-refractivity contribution is 7.92. The summed E-state index contributed by atoms with van der Waals surface area (Å²) < 4.78 is 33.0. The number of anilines is 2. The van der Waals surface area contributed by atoms with Gasteiger partial charge in [-0.15, -0.1) is 0 Å². The highest BCUT2D eigenvalue weighted by Crippen LogP contribution is 2.33. The third kappa shape index (κ3) is 3.13.